The topological polar surface area (TPSA) is 65.3 Å². The highest BCUT2D eigenvalue weighted by molar-refractivity contribution is 5.79. The van der Waals surface area contributed by atoms with Gasteiger partial charge >= 0.3 is 0 Å². The van der Waals surface area contributed by atoms with Crippen LogP contribution in [-0.4, -0.2) is 81.3 Å². The average molecular weight is 408 g/mol. The first kappa shape index (κ1) is 23.7. The first-order chi connectivity index (χ1) is 14.1. The number of rotatable bonds is 11. The third-order valence-corrected chi connectivity index (χ3v) is 5.65. The Kier molecular flexibility index (Phi) is 10.5. The van der Waals surface area contributed by atoms with E-state index in [4.69, 9.17) is 9.15 Å². The molecule has 7 heteroatoms. The maximum Gasteiger partial charge on any atom is 0.191 e. The van der Waals surface area contributed by atoms with Crippen LogP contribution in [0.25, 0.3) is 0 Å². The van der Waals surface area contributed by atoms with Crippen LogP contribution in [0.2, 0.25) is 0 Å². The predicted octanol–water partition coefficient (Wildman–Crippen LogP) is 2.64. The quantitative estimate of drug-likeness (QED) is 0.434. The highest BCUT2D eigenvalue weighted by atomic mass is 16.5. The fourth-order valence-electron chi connectivity index (χ4n) is 3.79. The van der Waals surface area contributed by atoms with E-state index in [1.54, 1.807) is 0 Å². The molecule has 2 rings (SSSR count). The van der Waals surface area contributed by atoms with E-state index >= 15 is 0 Å². The summed E-state index contributed by atoms with van der Waals surface area (Å²) in [6.07, 6.45) is 2.32. The SMILES string of the molecule is CCN(CC)CCCC(C)NC(=NC)NCC(c1ccc(C)o1)N1CCOCC1. The van der Waals surface area contributed by atoms with Gasteiger partial charge in [0.05, 0.1) is 19.3 Å². The van der Waals surface area contributed by atoms with Gasteiger partial charge in [-0.2, -0.15) is 0 Å². The van der Waals surface area contributed by atoms with Gasteiger partial charge in [0.2, 0.25) is 0 Å². The minimum atomic E-state index is 0.170. The zero-order chi connectivity index (χ0) is 21.1. The van der Waals surface area contributed by atoms with E-state index in [9.17, 15) is 0 Å². The molecule has 2 heterocycles. The molecule has 7 nitrogen and oxygen atoms in total. The summed E-state index contributed by atoms with van der Waals surface area (Å²) in [4.78, 5) is 9.33. The van der Waals surface area contributed by atoms with E-state index in [1.807, 2.05) is 20.0 Å². The standard InChI is InChI=1S/C22H41N5O2/c1-6-26(7-2)12-8-9-18(3)25-22(23-5)24-17-20(21-11-10-19(4)29-21)27-13-15-28-16-14-27/h10-11,18,20H,6-9,12-17H2,1-5H3,(H2,23,24,25). The van der Waals surface area contributed by atoms with Crippen molar-refractivity contribution in [3.8, 4) is 0 Å². The summed E-state index contributed by atoms with van der Waals surface area (Å²) in [7, 11) is 1.83. The third kappa shape index (κ3) is 7.99. The second-order valence-corrected chi connectivity index (χ2v) is 7.78. The van der Waals surface area contributed by atoms with E-state index in [0.29, 0.717) is 6.04 Å². The Labute approximate surface area is 176 Å². The van der Waals surface area contributed by atoms with Gasteiger partial charge in [-0.05, 0) is 58.5 Å². The van der Waals surface area contributed by atoms with E-state index in [1.165, 1.54) is 6.42 Å². The molecule has 2 atom stereocenters. The third-order valence-electron chi connectivity index (χ3n) is 5.65. The number of guanidine groups is 1. The van der Waals surface area contributed by atoms with E-state index in [2.05, 4.69) is 52.3 Å². The second kappa shape index (κ2) is 12.9. The average Bonchev–Trinajstić information content (AvgIpc) is 3.17. The lowest BCUT2D eigenvalue weighted by atomic mass is 10.1. The van der Waals surface area contributed by atoms with Crippen LogP contribution >= 0.6 is 0 Å². The Bertz CT molecular complexity index is 594. The molecular weight excluding hydrogens is 366 g/mol. The lowest BCUT2D eigenvalue weighted by molar-refractivity contribution is 0.0124. The molecule has 0 saturated carbocycles. The van der Waals surface area contributed by atoms with Crippen LogP contribution < -0.4 is 10.6 Å². The van der Waals surface area contributed by atoms with Crippen molar-refractivity contribution in [3.63, 3.8) is 0 Å². The molecular formula is C22H41N5O2. The van der Waals surface area contributed by atoms with Crippen molar-refractivity contribution < 1.29 is 9.15 Å². The van der Waals surface area contributed by atoms with E-state index in [-0.39, 0.29) is 6.04 Å². The molecule has 2 N–H and O–H groups in total. The molecule has 0 amide bonds. The number of ether oxygens (including phenoxy) is 1. The Morgan fingerprint density at radius 1 is 1.24 bits per heavy atom. The number of nitrogens with one attached hydrogen (secondary N) is 2. The van der Waals surface area contributed by atoms with Gasteiger partial charge in [-0.3, -0.25) is 9.89 Å². The zero-order valence-electron chi connectivity index (χ0n) is 19.0. The summed E-state index contributed by atoms with van der Waals surface area (Å²) in [5, 5.41) is 7.05. The smallest absolute Gasteiger partial charge is 0.191 e. The molecule has 2 unspecified atom stereocenters. The maximum absolute atomic E-state index is 5.96. The first-order valence-electron chi connectivity index (χ1n) is 11.1. The van der Waals surface area contributed by atoms with Crippen molar-refractivity contribution in [1.82, 2.24) is 20.4 Å². The molecule has 29 heavy (non-hydrogen) atoms. The molecule has 1 aromatic rings. The van der Waals surface area contributed by atoms with Crippen molar-refractivity contribution in [1.29, 1.82) is 0 Å². The van der Waals surface area contributed by atoms with E-state index < -0.39 is 0 Å². The molecule has 166 valence electrons. The Hall–Kier alpha value is -1.57. The molecule has 0 spiro atoms. The second-order valence-electron chi connectivity index (χ2n) is 7.78. The largest absolute Gasteiger partial charge is 0.465 e. The lowest BCUT2D eigenvalue weighted by Crippen LogP contribution is -2.47. The number of nitrogens with zero attached hydrogens (tertiary/aromatic N) is 3. The molecule has 1 saturated heterocycles. The summed E-state index contributed by atoms with van der Waals surface area (Å²) in [5.74, 6) is 2.80. The zero-order valence-corrected chi connectivity index (χ0v) is 19.0. The summed E-state index contributed by atoms with van der Waals surface area (Å²) in [6, 6.07) is 4.67. The van der Waals surface area contributed by atoms with Crippen LogP contribution in [0.5, 0.6) is 0 Å². The number of hydrogen-bond acceptors (Lipinski definition) is 5. The number of morpholine rings is 1. The number of hydrogen-bond donors (Lipinski definition) is 2. The fourth-order valence-corrected chi connectivity index (χ4v) is 3.79. The first-order valence-corrected chi connectivity index (χ1v) is 11.1. The van der Waals surface area contributed by atoms with Gasteiger partial charge in [-0.25, -0.2) is 0 Å². The minimum absolute atomic E-state index is 0.170. The molecule has 0 radical (unpaired) electrons. The van der Waals surface area contributed by atoms with Crippen LogP contribution in [-0.2, 0) is 4.74 Å². The van der Waals surface area contributed by atoms with Gasteiger partial charge in [-0.1, -0.05) is 13.8 Å². The van der Waals surface area contributed by atoms with Gasteiger partial charge in [0.15, 0.2) is 5.96 Å². The van der Waals surface area contributed by atoms with E-state index in [0.717, 1.165) is 76.4 Å². The predicted molar refractivity (Wildman–Crippen MR) is 120 cm³/mol. The molecule has 0 bridgehead atoms. The summed E-state index contributed by atoms with van der Waals surface area (Å²) < 4.78 is 11.5. The van der Waals surface area contributed by atoms with Gasteiger partial charge < -0.3 is 24.7 Å². The molecule has 0 aliphatic carbocycles. The van der Waals surface area contributed by atoms with Crippen LogP contribution in [0.4, 0.5) is 0 Å². The molecule has 1 aliphatic rings. The molecule has 1 aromatic heterocycles. The van der Waals surface area contributed by atoms with Crippen LogP contribution in [0, 0.1) is 6.92 Å². The Morgan fingerprint density at radius 3 is 2.55 bits per heavy atom. The highest BCUT2D eigenvalue weighted by Crippen LogP contribution is 2.23. The fraction of sp³-hybridized carbons (Fsp3) is 0.773. The Balaban J connectivity index is 1.85. The van der Waals surface area contributed by atoms with Gasteiger partial charge in [-0.15, -0.1) is 0 Å². The number of aryl methyl sites for hydroxylation is 1. The van der Waals surface area contributed by atoms with Crippen LogP contribution in [0.15, 0.2) is 21.5 Å². The summed E-state index contributed by atoms with van der Waals surface area (Å²) >= 11 is 0. The van der Waals surface area contributed by atoms with Gasteiger partial charge in [0.1, 0.15) is 11.5 Å². The molecule has 1 aliphatic heterocycles. The van der Waals surface area contributed by atoms with Gasteiger partial charge in [0.25, 0.3) is 0 Å². The lowest BCUT2D eigenvalue weighted by Gasteiger charge is -2.33. The molecule has 1 fully saturated rings. The van der Waals surface area contributed by atoms with Crippen molar-refractivity contribution in [2.75, 3.05) is 59.5 Å². The van der Waals surface area contributed by atoms with Gasteiger partial charge in [0, 0.05) is 32.7 Å². The maximum atomic E-state index is 5.96. The summed E-state index contributed by atoms with van der Waals surface area (Å²) in [6.45, 7) is 16.2. The normalized spacial score (nSPS) is 18.1. The van der Waals surface area contributed by atoms with Crippen molar-refractivity contribution >= 4 is 5.96 Å². The van der Waals surface area contributed by atoms with Crippen molar-refractivity contribution in [2.45, 2.75) is 52.6 Å². The van der Waals surface area contributed by atoms with Crippen molar-refractivity contribution in [2.24, 2.45) is 4.99 Å². The highest BCUT2D eigenvalue weighted by Gasteiger charge is 2.25. The number of furan rings is 1. The van der Waals surface area contributed by atoms with Crippen LogP contribution in [0.1, 0.15) is 51.2 Å². The minimum Gasteiger partial charge on any atom is -0.465 e. The number of aliphatic imine (C=N–C) groups is 1. The van der Waals surface area contributed by atoms with Crippen LogP contribution in [0.3, 0.4) is 0 Å². The Morgan fingerprint density at radius 2 is 1.97 bits per heavy atom. The monoisotopic (exact) mass is 407 g/mol. The van der Waals surface area contributed by atoms with Crippen molar-refractivity contribution in [3.05, 3.63) is 23.7 Å². The summed E-state index contributed by atoms with van der Waals surface area (Å²) in [5.41, 5.74) is 0. The molecule has 0 aromatic carbocycles.